The SMILES string of the molecule is CCC(C)(CC)NCCCC(=O)N(C)C. The average Bonchev–Trinajstić information content (AvgIpc) is 2.23. The molecule has 0 spiro atoms. The van der Waals surface area contributed by atoms with Gasteiger partial charge in [-0.1, -0.05) is 13.8 Å². The molecule has 0 radical (unpaired) electrons. The number of carbonyl (C=O) groups excluding carboxylic acids is 1. The molecule has 0 fully saturated rings. The minimum Gasteiger partial charge on any atom is -0.349 e. The zero-order valence-corrected chi connectivity index (χ0v) is 10.9. The largest absolute Gasteiger partial charge is 0.349 e. The number of rotatable bonds is 7. The van der Waals surface area contributed by atoms with E-state index in [0.29, 0.717) is 6.42 Å². The molecule has 0 aliphatic rings. The number of carbonyl (C=O) groups is 1. The normalized spacial score (nSPS) is 11.5. The summed E-state index contributed by atoms with van der Waals surface area (Å²) in [7, 11) is 3.61. The van der Waals surface area contributed by atoms with E-state index in [0.717, 1.165) is 25.8 Å². The van der Waals surface area contributed by atoms with Crippen LogP contribution in [0.15, 0.2) is 0 Å². The molecule has 0 aliphatic carbocycles. The van der Waals surface area contributed by atoms with Crippen molar-refractivity contribution in [2.75, 3.05) is 20.6 Å². The molecule has 1 amide bonds. The Morgan fingerprint density at radius 1 is 1.27 bits per heavy atom. The first-order valence-corrected chi connectivity index (χ1v) is 5.90. The van der Waals surface area contributed by atoms with E-state index in [1.54, 1.807) is 19.0 Å². The van der Waals surface area contributed by atoms with Gasteiger partial charge in [-0.15, -0.1) is 0 Å². The molecule has 3 nitrogen and oxygen atoms in total. The molecule has 3 heteroatoms. The number of hydrogen-bond acceptors (Lipinski definition) is 2. The van der Waals surface area contributed by atoms with E-state index in [4.69, 9.17) is 0 Å². The van der Waals surface area contributed by atoms with Crippen molar-refractivity contribution in [2.24, 2.45) is 0 Å². The Labute approximate surface area is 94.2 Å². The Morgan fingerprint density at radius 3 is 2.20 bits per heavy atom. The van der Waals surface area contributed by atoms with Gasteiger partial charge in [-0.3, -0.25) is 4.79 Å². The van der Waals surface area contributed by atoms with E-state index in [-0.39, 0.29) is 11.4 Å². The molecule has 1 N–H and O–H groups in total. The first kappa shape index (κ1) is 14.4. The third kappa shape index (κ3) is 5.78. The first-order valence-electron chi connectivity index (χ1n) is 5.90. The highest BCUT2D eigenvalue weighted by Crippen LogP contribution is 2.13. The minimum absolute atomic E-state index is 0.214. The van der Waals surface area contributed by atoms with Gasteiger partial charge in [0.15, 0.2) is 0 Å². The van der Waals surface area contributed by atoms with Crippen LogP contribution in [0.4, 0.5) is 0 Å². The summed E-state index contributed by atoms with van der Waals surface area (Å²) in [5.41, 5.74) is 0.237. The Hall–Kier alpha value is -0.570. The quantitative estimate of drug-likeness (QED) is 0.658. The minimum atomic E-state index is 0.214. The van der Waals surface area contributed by atoms with Crippen LogP contribution in [0.3, 0.4) is 0 Å². The number of nitrogens with zero attached hydrogens (tertiary/aromatic N) is 1. The zero-order chi connectivity index (χ0) is 11.9. The molecule has 0 saturated heterocycles. The topological polar surface area (TPSA) is 32.3 Å². The maximum Gasteiger partial charge on any atom is 0.222 e. The van der Waals surface area contributed by atoms with Crippen LogP contribution < -0.4 is 5.32 Å². The monoisotopic (exact) mass is 214 g/mol. The van der Waals surface area contributed by atoms with Gasteiger partial charge in [0.05, 0.1) is 0 Å². The lowest BCUT2D eigenvalue weighted by molar-refractivity contribution is -0.128. The van der Waals surface area contributed by atoms with Crippen molar-refractivity contribution < 1.29 is 4.79 Å². The van der Waals surface area contributed by atoms with Crippen molar-refractivity contribution in [3.05, 3.63) is 0 Å². The van der Waals surface area contributed by atoms with Crippen LogP contribution in [0.5, 0.6) is 0 Å². The van der Waals surface area contributed by atoms with Gasteiger partial charge in [0.1, 0.15) is 0 Å². The van der Waals surface area contributed by atoms with E-state index in [1.807, 2.05) is 0 Å². The highest BCUT2D eigenvalue weighted by atomic mass is 16.2. The molecule has 0 bridgehead atoms. The van der Waals surface area contributed by atoms with Crippen molar-refractivity contribution >= 4 is 5.91 Å². The Balaban J connectivity index is 3.66. The third-order valence-electron chi connectivity index (χ3n) is 3.18. The molecule has 0 rings (SSSR count). The van der Waals surface area contributed by atoms with Crippen LogP contribution in [0.2, 0.25) is 0 Å². The summed E-state index contributed by atoms with van der Waals surface area (Å²) in [6.07, 6.45) is 3.83. The smallest absolute Gasteiger partial charge is 0.222 e. The fourth-order valence-electron chi connectivity index (χ4n) is 1.35. The summed E-state index contributed by atoms with van der Waals surface area (Å²) < 4.78 is 0. The lowest BCUT2D eigenvalue weighted by Crippen LogP contribution is -2.41. The van der Waals surface area contributed by atoms with Crippen LogP contribution in [0.25, 0.3) is 0 Å². The summed E-state index contributed by atoms with van der Waals surface area (Å²) in [5.74, 6) is 0.214. The summed E-state index contributed by atoms with van der Waals surface area (Å²) in [6.45, 7) is 7.56. The van der Waals surface area contributed by atoms with E-state index >= 15 is 0 Å². The maximum absolute atomic E-state index is 11.3. The van der Waals surface area contributed by atoms with E-state index < -0.39 is 0 Å². The van der Waals surface area contributed by atoms with Crippen LogP contribution >= 0.6 is 0 Å². The molecule has 15 heavy (non-hydrogen) atoms. The van der Waals surface area contributed by atoms with Gasteiger partial charge in [0.25, 0.3) is 0 Å². The van der Waals surface area contributed by atoms with Crippen molar-refractivity contribution in [3.63, 3.8) is 0 Å². The average molecular weight is 214 g/mol. The van der Waals surface area contributed by atoms with E-state index in [9.17, 15) is 4.79 Å². The molecule has 0 atom stereocenters. The van der Waals surface area contributed by atoms with Crippen molar-refractivity contribution in [2.45, 2.75) is 52.0 Å². The predicted octanol–water partition coefficient (Wildman–Crippen LogP) is 2.02. The van der Waals surface area contributed by atoms with Crippen molar-refractivity contribution in [3.8, 4) is 0 Å². The lowest BCUT2D eigenvalue weighted by atomic mass is 9.95. The second-order valence-corrected chi connectivity index (χ2v) is 4.59. The van der Waals surface area contributed by atoms with Gasteiger partial charge in [-0.25, -0.2) is 0 Å². The Kier molecular flexibility index (Phi) is 6.57. The Morgan fingerprint density at radius 2 is 1.80 bits per heavy atom. The second-order valence-electron chi connectivity index (χ2n) is 4.59. The number of amides is 1. The Bertz CT molecular complexity index is 186. The van der Waals surface area contributed by atoms with Gasteiger partial charge in [-0.05, 0) is 32.7 Å². The van der Waals surface area contributed by atoms with Crippen molar-refractivity contribution in [1.29, 1.82) is 0 Å². The number of nitrogens with one attached hydrogen (secondary N) is 1. The lowest BCUT2D eigenvalue weighted by Gasteiger charge is -2.28. The molecule has 0 unspecified atom stereocenters. The highest BCUT2D eigenvalue weighted by molar-refractivity contribution is 5.75. The standard InChI is InChI=1S/C12H26N2O/c1-6-12(3,7-2)13-10-8-9-11(15)14(4)5/h13H,6-10H2,1-5H3. The predicted molar refractivity (Wildman–Crippen MR) is 64.9 cm³/mol. The molecule has 0 heterocycles. The van der Waals surface area contributed by atoms with E-state index in [1.165, 1.54) is 0 Å². The van der Waals surface area contributed by atoms with Gasteiger partial charge in [0.2, 0.25) is 5.91 Å². The van der Waals surface area contributed by atoms with Gasteiger partial charge in [-0.2, -0.15) is 0 Å². The molecule has 0 aromatic heterocycles. The summed E-state index contributed by atoms with van der Waals surface area (Å²) >= 11 is 0. The molecule has 90 valence electrons. The number of hydrogen-bond donors (Lipinski definition) is 1. The van der Waals surface area contributed by atoms with Gasteiger partial charge < -0.3 is 10.2 Å². The third-order valence-corrected chi connectivity index (χ3v) is 3.18. The van der Waals surface area contributed by atoms with E-state index in [2.05, 4.69) is 26.1 Å². The fraction of sp³-hybridized carbons (Fsp3) is 0.917. The molecular formula is C12H26N2O. The van der Waals surface area contributed by atoms with Crippen LogP contribution in [-0.4, -0.2) is 37.0 Å². The van der Waals surface area contributed by atoms with Crippen molar-refractivity contribution in [1.82, 2.24) is 10.2 Å². The molecule has 0 aromatic carbocycles. The summed E-state index contributed by atoms with van der Waals surface area (Å²) in [6, 6.07) is 0. The molecular weight excluding hydrogens is 188 g/mol. The van der Waals surface area contributed by atoms with Gasteiger partial charge >= 0.3 is 0 Å². The zero-order valence-electron chi connectivity index (χ0n) is 10.9. The molecule has 0 saturated carbocycles. The summed E-state index contributed by atoms with van der Waals surface area (Å²) in [5, 5.41) is 3.52. The summed E-state index contributed by atoms with van der Waals surface area (Å²) in [4.78, 5) is 13.0. The second kappa shape index (κ2) is 6.83. The van der Waals surface area contributed by atoms with Crippen LogP contribution in [-0.2, 0) is 4.79 Å². The van der Waals surface area contributed by atoms with Gasteiger partial charge in [0, 0.05) is 26.1 Å². The van der Waals surface area contributed by atoms with Crippen LogP contribution in [0.1, 0.15) is 46.5 Å². The molecule has 0 aromatic rings. The maximum atomic E-state index is 11.3. The molecule has 0 aliphatic heterocycles. The fourth-order valence-corrected chi connectivity index (χ4v) is 1.35. The van der Waals surface area contributed by atoms with Crippen LogP contribution in [0, 0.1) is 0 Å². The first-order chi connectivity index (χ1) is 6.95. The highest BCUT2D eigenvalue weighted by Gasteiger charge is 2.17.